The largest absolute Gasteiger partial charge is 0.475 e. The number of aromatic nitrogens is 1. The zero-order chi connectivity index (χ0) is 14.8. The summed E-state index contributed by atoms with van der Waals surface area (Å²) in [6.45, 7) is 0. The van der Waals surface area contributed by atoms with Crippen molar-refractivity contribution in [3.63, 3.8) is 0 Å². The van der Waals surface area contributed by atoms with E-state index in [2.05, 4.69) is 4.98 Å². The first-order chi connectivity index (χ1) is 10.2. The maximum absolute atomic E-state index is 12.0. The molecule has 0 amide bonds. The van der Waals surface area contributed by atoms with E-state index in [-0.39, 0.29) is 5.56 Å². The zero-order valence-electron chi connectivity index (χ0n) is 11.2. The van der Waals surface area contributed by atoms with Gasteiger partial charge in [0.15, 0.2) is 0 Å². The van der Waals surface area contributed by atoms with E-state index in [0.717, 1.165) is 11.1 Å². The van der Waals surface area contributed by atoms with Gasteiger partial charge in [-0.3, -0.25) is 4.79 Å². The summed E-state index contributed by atoms with van der Waals surface area (Å²) in [5.41, 5.74) is 2.67. The minimum atomic E-state index is -1.44. The summed E-state index contributed by atoms with van der Waals surface area (Å²) in [6, 6.07) is 16.9. The van der Waals surface area contributed by atoms with Crippen LogP contribution in [0.5, 0.6) is 0 Å². The van der Waals surface area contributed by atoms with E-state index in [0.29, 0.717) is 17.5 Å². The third kappa shape index (κ3) is 2.43. The number of rotatable bonds is 4. The van der Waals surface area contributed by atoms with Gasteiger partial charge < -0.3 is 10.1 Å². The first kappa shape index (κ1) is 13.1. The Bertz CT molecular complexity index is 818. The number of aliphatic carboxylic acids is 1. The molecule has 0 aliphatic rings. The number of ketones is 1. The molecule has 2 N–H and O–H groups in total. The van der Waals surface area contributed by atoms with Crippen LogP contribution < -0.4 is 0 Å². The van der Waals surface area contributed by atoms with E-state index < -0.39 is 11.8 Å². The van der Waals surface area contributed by atoms with Crippen LogP contribution in [0, 0.1) is 0 Å². The summed E-state index contributed by atoms with van der Waals surface area (Å²) in [4.78, 5) is 26.3. The van der Waals surface area contributed by atoms with Crippen molar-refractivity contribution < 1.29 is 14.7 Å². The molecule has 0 saturated heterocycles. The number of aromatic amines is 1. The molecule has 0 bridgehead atoms. The average Bonchev–Trinajstić information content (AvgIpc) is 2.85. The van der Waals surface area contributed by atoms with E-state index >= 15 is 0 Å². The first-order valence-electron chi connectivity index (χ1n) is 6.58. The molecule has 4 nitrogen and oxygen atoms in total. The zero-order valence-corrected chi connectivity index (χ0v) is 11.2. The first-order valence-corrected chi connectivity index (χ1v) is 6.58. The number of Topliss-reactive ketones (excluding diaryl/α,β-unsaturated/α-hetero) is 1. The number of para-hydroxylation sites is 1. The highest BCUT2D eigenvalue weighted by Crippen LogP contribution is 2.25. The predicted molar refractivity (Wildman–Crippen MR) is 79.5 cm³/mol. The minimum Gasteiger partial charge on any atom is -0.475 e. The molecule has 0 atom stereocenters. The summed E-state index contributed by atoms with van der Waals surface area (Å²) in [5.74, 6) is -2.31. The summed E-state index contributed by atoms with van der Waals surface area (Å²) < 4.78 is 0. The van der Waals surface area contributed by atoms with Gasteiger partial charge in [0.25, 0.3) is 5.78 Å². The van der Waals surface area contributed by atoms with Gasteiger partial charge in [-0.1, -0.05) is 48.5 Å². The van der Waals surface area contributed by atoms with Gasteiger partial charge in [0.2, 0.25) is 0 Å². The van der Waals surface area contributed by atoms with Crippen molar-refractivity contribution in [1.29, 1.82) is 0 Å². The molecule has 0 aliphatic carbocycles. The van der Waals surface area contributed by atoms with Crippen LogP contribution in [0.1, 0.15) is 21.6 Å². The molecule has 2 aromatic carbocycles. The number of carbonyl (C=O) groups is 2. The maximum Gasteiger partial charge on any atom is 0.377 e. The number of hydrogen-bond donors (Lipinski definition) is 2. The number of hydrogen-bond acceptors (Lipinski definition) is 2. The normalized spacial score (nSPS) is 10.7. The lowest BCUT2D eigenvalue weighted by Crippen LogP contribution is -2.14. The highest BCUT2D eigenvalue weighted by Gasteiger charge is 2.23. The molecule has 0 unspecified atom stereocenters. The third-order valence-corrected chi connectivity index (χ3v) is 3.43. The lowest BCUT2D eigenvalue weighted by Gasteiger charge is -2.02. The smallest absolute Gasteiger partial charge is 0.377 e. The summed E-state index contributed by atoms with van der Waals surface area (Å²) in [6.07, 6.45) is 0.490. The fraction of sp³-hybridized carbons (Fsp3) is 0.0588. The van der Waals surface area contributed by atoms with Gasteiger partial charge in [0.1, 0.15) is 0 Å². The third-order valence-electron chi connectivity index (χ3n) is 3.43. The van der Waals surface area contributed by atoms with Crippen LogP contribution in [-0.4, -0.2) is 21.8 Å². The molecular weight excluding hydrogens is 266 g/mol. The van der Waals surface area contributed by atoms with Crippen LogP contribution in [0.25, 0.3) is 10.9 Å². The van der Waals surface area contributed by atoms with Crippen LogP contribution in [-0.2, 0) is 11.2 Å². The molecule has 0 aliphatic heterocycles. The molecule has 104 valence electrons. The molecule has 1 aromatic heterocycles. The fourth-order valence-electron chi connectivity index (χ4n) is 2.50. The summed E-state index contributed by atoms with van der Waals surface area (Å²) in [5, 5.41) is 9.69. The van der Waals surface area contributed by atoms with Crippen LogP contribution >= 0.6 is 0 Å². The van der Waals surface area contributed by atoms with Crippen LogP contribution in [0.2, 0.25) is 0 Å². The quantitative estimate of drug-likeness (QED) is 0.569. The van der Waals surface area contributed by atoms with Crippen LogP contribution in [0.15, 0.2) is 54.6 Å². The Kier molecular flexibility index (Phi) is 3.28. The number of fused-ring (bicyclic) bond motifs is 1. The molecule has 0 fully saturated rings. The number of carboxylic acids is 1. The van der Waals surface area contributed by atoms with Crippen molar-refractivity contribution in [2.75, 3.05) is 0 Å². The molecular formula is C17H13NO3. The molecule has 0 radical (unpaired) electrons. The van der Waals surface area contributed by atoms with Gasteiger partial charge in [-0.15, -0.1) is 0 Å². The lowest BCUT2D eigenvalue weighted by molar-refractivity contribution is -0.131. The van der Waals surface area contributed by atoms with Crippen molar-refractivity contribution in [2.24, 2.45) is 0 Å². The molecule has 4 heteroatoms. The number of H-pyrrole nitrogens is 1. The van der Waals surface area contributed by atoms with E-state index in [4.69, 9.17) is 5.11 Å². The Morgan fingerprint density at radius 3 is 2.33 bits per heavy atom. The molecule has 0 saturated carbocycles. The van der Waals surface area contributed by atoms with Crippen molar-refractivity contribution in [3.8, 4) is 0 Å². The van der Waals surface area contributed by atoms with Gasteiger partial charge in [-0.25, -0.2) is 4.79 Å². The molecule has 0 spiro atoms. The Morgan fingerprint density at radius 1 is 0.952 bits per heavy atom. The highest BCUT2D eigenvalue weighted by atomic mass is 16.4. The van der Waals surface area contributed by atoms with E-state index in [1.54, 1.807) is 12.1 Å². The van der Waals surface area contributed by atoms with E-state index in [1.807, 2.05) is 42.5 Å². The number of carboxylic acid groups (broad SMARTS) is 1. The molecule has 3 aromatic rings. The summed E-state index contributed by atoms with van der Waals surface area (Å²) in [7, 11) is 0. The second-order valence-electron chi connectivity index (χ2n) is 4.82. The van der Waals surface area contributed by atoms with Crippen LogP contribution in [0.3, 0.4) is 0 Å². The van der Waals surface area contributed by atoms with Crippen LogP contribution in [0.4, 0.5) is 0 Å². The Labute approximate surface area is 121 Å². The van der Waals surface area contributed by atoms with Crippen molar-refractivity contribution in [1.82, 2.24) is 4.98 Å². The standard InChI is InChI=1S/C17H13NO3/c19-16(17(20)21)15-12-8-4-5-9-13(12)18-14(15)10-11-6-2-1-3-7-11/h1-9,18H,10H2,(H,20,21). The Balaban J connectivity index is 2.15. The Hall–Kier alpha value is -2.88. The number of nitrogens with one attached hydrogen (secondary N) is 1. The number of carbonyl (C=O) groups excluding carboxylic acids is 1. The summed E-state index contributed by atoms with van der Waals surface area (Å²) >= 11 is 0. The maximum atomic E-state index is 12.0. The minimum absolute atomic E-state index is 0.252. The average molecular weight is 279 g/mol. The Morgan fingerprint density at radius 2 is 1.62 bits per heavy atom. The highest BCUT2D eigenvalue weighted by molar-refractivity contribution is 6.42. The van der Waals surface area contributed by atoms with E-state index in [9.17, 15) is 9.59 Å². The van der Waals surface area contributed by atoms with Crippen molar-refractivity contribution >= 4 is 22.7 Å². The number of benzene rings is 2. The fourth-order valence-corrected chi connectivity index (χ4v) is 2.50. The molecule has 21 heavy (non-hydrogen) atoms. The van der Waals surface area contributed by atoms with E-state index in [1.165, 1.54) is 0 Å². The molecule has 3 rings (SSSR count). The topological polar surface area (TPSA) is 70.2 Å². The predicted octanol–water partition coefficient (Wildman–Crippen LogP) is 3.03. The van der Waals surface area contributed by atoms with Gasteiger partial charge in [0.05, 0.1) is 5.56 Å². The second kappa shape index (κ2) is 5.25. The van der Waals surface area contributed by atoms with Gasteiger partial charge >= 0.3 is 5.97 Å². The van der Waals surface area contributed by atoms with Crippen molar-refractivity contribution in [2.45, 2.75) is 6.42 Å². The van der Waals surface area contributed by atoms with Gasteiger partial charge in [-0.2, -0.15) is 0 Å². The SMILES string of the molecule is O=C(O)C(=O)c1c(Cc2ccccc2)[nH]c2ccccc12. The van der Waals surface area contributed by atoms with Crippen molar-refractivity contribution in [3.05, 3.63) is 71.4 Å². The van der Waals surface area contributed by atoms with Gasteiger partial charge in [0, 0.05) is 23.0 Å². The second-order valence-corrected chi connectivity index (χ2v) is 4.82. The monoisotopic (exact) mass is 279 g/mol. The molecule has 1 heterocycles. The van der Waals surface area contributed by atoms with Gasteiger partial charge in [-0.05, 0) is 11.6 Å². The lowest BCUT2D eigenvalue weighted by atomic mass is 10.0.